The number of ether oxygens (including phenoxy) is 1. The van der Waals surface area contributed by atoms with E-state index in [0.717, 1.165) is 10.4 Å². The van der Waals surface area contributed by atoms with E-state index in [9.17, 15) is 9.50 Å². The molecule has 5 heteroatoms. The minimum absolute atomic E-state index is 0.0325. The number of benzene rings is 2. The Morgan fingerprint density at radius 1 is 1.11 bits per heavy atom. The van der Waals surface area contributed by atoms with Crippen LogP contribution in [-0.4, -0.2) is 29.0 Å². The van der Waals surface area contributed by atoms with Gasteiger partial charge in [0, 0.05) is 29.0 Å². The smallest absolute Gasteiger partial charge is 0.126 e. The molecular weight excluding hydrogens is 363 g/mol. The van der Waals surface area contributed by atoms with Crippen molar-refractivity contribution in [2.24, 2.45) is 0 Å². The predicted octanol–water partition coefficient (Wildman–Crippen LogP) is 4.59. The van der Waals surface area contributed by atoms with E-state index in [1.165, 1.54) is 16.2 Å². The molecule has 0 radical (unpaired) electrons. The lowest BCUT2D eigenvalue weighted by molar-refractivity contribution is -0.103. The van der Waals surface area contributed by atoms with Crippen LogP contribution in [0.1, 0.15) is 41.4 Å². The third kappa shape index (κ3) is 4.22. The van der Waals surface area contributed by atoms with E-state index in [1.807, 2.05) is 18.2 Å². The SMILES string of the molecule is OCC[C@@H]1C[C@H](O)C[C@H](c2ccc(F)c(Cc3cc4ccccc4s3)c2)O1. The zero-order chi connectivity index (χ0) is 18.8. The van der Waals surface area contributed by atoms with Crippen LogP contribution in [0, 0.1) is 5.82 Å². The number of fused-ring (bicyclic) bond motifs is 1. The summed E-state index contributed by atoms with van der Waals surface area (Å²) in [6.07, 6.45) is 1.17. The van der Waals surface area contributed by atoms with Gasteiger partial charge in [-0.25, -0.2) is 4.39 Å². The van der Waals surface area contributed by atoms with Gasteiger partial charge >= 0.3 is 0 Å². The standard InChI is InChI=1S/C22H23FO3S/c23-20-6-5-14(21-13-17(25)12-18(26-21)7-8-24)9-16(20)11-19-10-15-3-1-2-4-22(15)27-19/h1-6,9-10,17-18,21,24-25H,7-8,11-13H2/t17-,18+,21+/m0/s1. The first kappa shape index (κ1) is 18.6. The first-order valence-corrected chi connectivity index (χ1v) is 10.1. The summed E-state index contributed by atoms with van der Waals surface area (Å²) in [5, 5.41) is 20.5. The predicted molar refractivity (Wildman–Crippen MR) is 106 cm³/mol. The molecule has 3 aromatic rings. The van der Waals surface area contributed by atoms with Crippen LogP contribution in [-0.2, 0) is 11.2 Å². The fraction of sp³-hybridized carbons (Fsp3) is 0.364. The molecule has 1 aliphatic rings. The van der Waals surface area contributed by atoms with Gasteiger partial charge in [-0.3, -0.25) is 0 Å². The Morgan fingerprint density at radius 2 is 1.96 bits per heavy atom. The molecule has 1 aliphatic heterocycles. The molecule has 2 heterocycles. The Kier molecular flexibility index (Phi) is 5.55. The van der Waals surface area contributed by atoms with Gasteiger partial charge < -0.3 is 14.9 Å². The topological polar surface area (TPSA) is 49.7 Å². The van der Waals surface area contributed by atoms with Crippen LogP contribution in [0.25, 0.3) is 10.1 Å². The Balaban J connectivity index is 1.57. The first-order chi connectivity index (χ1) is 13.1. The van der Waals surface area contributed by atoms with Gasteiger partial charge in [0.15, 0.2) is 0 Å². The molecule has 2 N–H and O–H groups in total. The van der Waals surface area contributed by atoms with Crippen LogP contribution in [0.15, 0.2) is 48.5 Å². The van der Waals surface area contributed by atoms with Crippen molar-refractivity contribution in [2.45, 2.75) is 44.0 Å². The van der Waals surface area contributed by atoms with Crippen LogP contribution in [0.4, 0.5) is 4.39 Å². The molecule has 0 unspecified atom stereocenters. The Hall–Kier alpha value is -1.79. The number of hydrogen-bond acceptors (Lipinski definition) is 4. The minimum Gasteiger partial charge on any atom is -0.396 e. The summed E-state index contributed by atoms with van der Waals surface area (Å²) in [5.74, 6) is -0.223. The largest absolute Gasteiger partial charge is 0.396 e. The molecule has 0 amide bonds. The van der Waals surface area contributed by atoms with E-state index in [-0.39, 0.29) is 24.6 Å². The van der Waals surface area contributed by atoms with Crippen molar-refractivity contribution in [1.82, 2.24) is 0 Å². The number of thiophene rings is 1. The van der Waals surface area contributed by atoms with Gasteiger partial charge in [0.25, 0.3) is 0 Å². The van der Waals surface area contributed by atoms with Gasteiger partial charge in [0.05, 0.1) is 18.3 Å². The van der Waals surface area contributed by atoms with Crippen molar-refractivity contribution in [2.75, 3.05) is 6.61 Å². The number of aliphatic hydroxyl groups excluding tert-OH is 2. The zero-order valence-electron chi connectivity index (χ0n) is 15.0. The summed E-state index contributed by atoms with van der Waals surface area (Å²) in [4.78, 5) is 1.12. The van der Waals surface area contributed by atoms with E-state index in [1.54, 1.807) is 17.4 Å². The van der Waals surface area contributed by atoms with E-state index in [2.05, 4.69) is 18.2 Å². The quantitative estimate of drug-likeness (QED) is 0.674. The molecule has 1 saturated heterocycles. The lowest BCUT2D eigenvalue weighted by atomic mass is 9.93. The first-order valence-electron chi connectivity index (χ1n) is 9.32. The average Bonchev–Trinajstić information content (AvgIpc) is 3.05. The fourth-order valence-corrected chi connectivity index (χ4v) is 4.86. The van der Waals surface area contributed by atoms with Gasteiger partial charge in [-0.2, -0.15) is 0 Å². The molecule has 0 saturated carbocycles. The molecule has 3 atom stereocenters. The Labute approximate surface area is 162 Å². The molecule has 0 spiro atoms. The van der Waals surface area contributed by atoms with Crippen LogP contribution in [0.2, 0.25) is 0 Å². The van der Waals surface area contributed by atoms with Crippen molar-refractivity contribution in [3.63, 3.8) is 0 Å². The molecular formula is C22H23FO3S. The van der Waals surface area contributed by atoms with Gasteiger partial charge in [0.1, 0.15) is 5.82 Å². The molecule has 142 valence electrons. The third-order valence-electron chi connectivity index (χ3n) is 5.11. The fourth-order valence-electron chi connectivity index (χ4n) is 3.78. The monoisotopic (exact) mass is 386 g/mol. The highest BCUT2D eigenvalue weighted by molar-refractivity contribution is 7.19. The van der Waals surface area contributed by atoms with Crippen molar-refractivity contribution in [1.29, 1.82) is 0 Å². The maximum absolute atomic E-state index is 14.4. The molecule has 0 bridgehead atoms. The normalized spacial score (nSPS) is 23.0. The molecule has 27 heavy (non-hydrogen) atoms. The summed E-state index contributed by atoms with van der Waals surface area (Å²) in [6, 6.07) is 15.4. The summed E-state index contributed by atoms with van der Waals surface area (Å²) in [7, 11) is 0. The van der Waals surface area contributed by atoms with E-state index in [0.29, 0.717) is 31.2 Å². The minimum atomic E-state index is -0.462. The maximum Gasteiger partial charge on any atom is 0.126 e. The summed E-state index contributed by atoms with van der Waals surface area (Å²) < 4.78 is 21.7. The van der Waals surface area contributed by atoms with Crippen LogP contribution in [0.3, 0.4) is 0 Å². The summed E-state index contributed by atoms with van der Waals surface area (Å²) in [5.41, 5.74) is 1.52. The number of hydrogen-bond donors (Lipinski definition) is 2. The second-order valence-corrected chi connectivity index (χ2v) is 8.33. The van der Waals surface area contributed by atoms with E-state index < -0.39 is 6.10 Å². The van der Waals surface area contributed by atoms with Crippen molar-refractivity contribution in [3.05, 3.63) is 70.4 Å². The molecule has 3 nitrogen and oxygen atoms in total. The van der Waals surface area contributed by atoms with Crippen LogP contribution >= 0.6 is 11.3 Å². The average molecular weight is 386 g/mol. The lowest BCUT2D eigenvalue weighted by Crippen LogP contribution is -2.32. The molecule has 2 aromatic carbocycles. The van der Waals surface area contributed by atoms with Crippen LogP contribution in [0.5, 0.6) is 0 Å². The van der Waals surface area contributed by atoms with Crippen LogP contribution < -0.4 is 0 Å². The van der Waals surface area contributed by atoms with Crippen molar-refractivity contribution >= 4 is 21.4 Å². The van der Waals surface area contributed by atoms with Gasteiger partial charge in [-0.1, -0.05) is 24.3 Å². The van der Waals surface area contributed by atoms with Gasteiger partial charge in [0.2, 0.25) is 0 Å². The Bertz CT molecular complexity index is 890. The lowest BCUT2D eigenvalue weighted by Gasteiger charge is -2.33. The molecule has 1 aromatic heterocycles. The zero-order valence-corrected chi connectivity index (χ0v) is 15.8. The van der Waals surface area contributed by atoms with Gasteiger partial charge in [-0.15, -0.1) is 11.3 Å². The summed E-state index contributed by atoms with van der Waals surface area (Å²) in [6.45, 7) is 0.0325. The number of aliphatic hydroxyl groups is 2. The highest BCUT2D eigenvalue weighted by Crippen LogP contribution is 2.34. The third-order valence-corrected chi connectivity index (χ3v) is 6.23. The summed E-state index contributed by atoms with van der Waals surface area (Å²) >= 11 is 1.68. The van der Waals surface area contributed by atoms with E-state index in [4.69, 9.17) is 9.84 Å². The molecule has 0 aliphatic carbocycles. The van der Waals surface area contributed by atoms with Crippen molar-refractivity contribution < 1.29 is 19.3 Å². The second kappa shape index (κ2) is 8.07. The van der Waals surface area contributed by atoms with Gasteiger partial charge in [-0.05, 0) is 53.6 Å². The molecule has 1 fully saturated rings. The maximum atomic E-state index is 14.4. The number of rotatable bonds is 5. The van der Waals surface area contributed by atoms with E-state index >= 15 is 0 Å². The molecule has 4 rings (SSSR count). The Morgan fingerprint density at radius 3 is 2.78 bits per heavy atom. The number of halogens is 1. The highest BCUT2D eigenvalue weighted by Gasteiger charge is 2.29. The second-order valence-electron chi connectivity index (χ2n) is 7.16. The highest BCUT2D eigenvalue weighted by atomic mass is 32.1. The van der Waals surface area contributed by atoms with Crippen molar-refractivity contribution in [3.8, 4) is 0 Å².